The number of hydrogen-bond acceptors (Lipinski definition) is 4. The molecule has 1 aromatic carbocycles. The monoisotopic (exact) mass is 358 g/mol. The van der Waals surface area contributed by atoms with Crippen molar-refractivity contribution in [1.82, 2.24) is 20.3 Å². The van der Waals surface area contributed by atoms with E-state index in [9.17, 15) is 8.78 Å². The van der Waals surface area contributed by atoms with Crippen LogP contribution < -0.4 is 0 Å². The fourth-order valence-electron chi connectivity index (χ4n) is 3.61. The standard InChI is InChI=1S/C19H20F2N4O/c1-11-12(2)24-26-19(11)14-9-22-23-18(14)17-4-3-7-25(17)10-13-5-6-15(20)16(21)8-13/h5-6,8-9,17H,3-4,7,10H2,1-2H3,(H,22,23). The van der Waals surface area contributed by atoms with E-state index < -0.39 is 11.6 Å². The maximum atomic E-state index is 13.5. The van der Waals surface area contributed by atoms with E-state index in [-0.39, 0.29) is 6.04 Å². The van der Waals surface area contributed by atoms with Gasteiger partial charge in [-0.3, -0.25) is 10.00 Å². The van der Waals surface area contributed by atoms with Crippen LogP contribution in [0.4, 0.5) is 8.78 Å². The van der Waals surface area contributed by atoms with Crippen molar-refractivity contribution >= 4 is 0 Å². The molecule has 1 aliphatic rings. The van der Waals surface area contributed by atoms with Crippen molar-refractivity contribution in [2.75, 3.05) is 6.54 Å². The normalized spacial score (nSPS) is 17.9. The van der Waals surface area contributed by atoms with Gasteiger partial charge in [0, 0.05) is 12.1 Å². The molecule has 7 heteroatoms. The molecule has 2 aromatic heterocycles. The van der Waals surface area contributed by atoms with Gasteiger partial charge in [0.2, 0.25) is 0 Å². The fraction of sp³-hybridized carbons (Fsp3) is 0.368. The largest absolute Gasteiger partial charge is 0.356 e. The van der Waals surface area contributed by atoms with Gasteiger partial charge in [0.15, 0.2) is 17.4 Å². The summed E-state index contributed by atoms with van der Waals surface area (Å²) in [6, 6.07) is 4.19. The van der Waals surface area contributed by atoms with Crippen molar-refractivity contribution in [3.63, 3.8) is 0 Å². The van der Waals surface area contributed by atoms with Crippen LogP contribution in [0.1, 0.15) is 41.4 Å². The minimum atomic E-state index is -0.821. The summed E-state index contributed by atoms with van der Waals surface area (Å²) in [5, 5.41) is 11.4. The number of benzene rings is 1. The zero-order valence-corrected chi connectivity index (χ0v) is 14.7. The number of nitrogens with one attached hydrogen (secondary N) is 1. The second-order valence-electron chi connectivity index (χ2n) is 6.80. The van der Waals surface area contributed by atoms with Gasteiger partial charge < -0.3 is 4.52 Å². The summed E-state index contributed by atoms with van der Waals surface area (Å²) in [6.45, 7) is 5.32. The third-order valence-electron chi connectivity index (χ3n) is 5.14. The molecule has 1 fully saturated rings. The molecule has 1 saturated heterocycles. The van der Waals surface area contributed by atoms with Gasteiger partial charge in [-0.25, -0.2) is 8.78 Å². The Labute approximate surface area is 150 Å². The molecule has 4 rings (SSSR count). The third kappa shape index (κ3) is 2.92. The highest BCUT2D eigenvalue weighted by Crippen LogP contribution is 2.38. The molecule has 1 aliphatic heterocycles. The lowest BCUT2D eigenvalue weighted by atomic mass is 10.0. The summed E-state index contributed by atoms with van der Waals surface area (Å²) in [5.41, 5.74) is 4.49. The van der Waals surface area contributed by atoms with Crippen LogP contribution in [-0.2, 0) is 6.54 Å². The fourth-order valence-corrected chi connectivity index (χ4v) is 3.61. The van der Waals surface area contributed by atoms with Crippen molar-refractivity contribution in [3.05, 3.63) is 58.5 Å². The molecule has 1 unspecified atom stereocenters. The molecular formula is C19H20F2N4O. The Hall–Kier alpha value is -2.54. The minimum absolute atomic E-state index is 0.116. The lowest BCUT2D eigenvalue weighted by molar-refractivity contribution is 0.244. The SMILES string of the molecule is Cc1noc(-c2cn[nH]c2C2CCCN2Cc2ccc(F)c(F)c2)c1C. The number of rotatable bonds is 4. The highest BCUT2D eigenvalue weighted by molar-refractivity contribution is 5.64. The molecule has 0 bridgehead atoms. The maximum absolute atomic E-state index is 13.5. The lowest BCUT2D eigenvalue weighted by Gasteiger charge is -2.24. The number of aromatic nitrogens is 3. The molecule has 0 aliphatic carbocycles. The Kier molecular flexibility index (Phi) is 4.32. The van der Waals surface area contributed by atoms with Gasteiger partial charge in [-0.1, -0.05) is 11.2 Å². The first-order valence-corrected chi connectivity index (χ1v) is 8.69. The van der Waals surface area contributed by atoms with Gasteiger partial charge in [0.25, 0.3) is 0 Å². The predicted octanol–water partition coefficient (Wildman–Crippen LogP) is 4.30. The quantitative estimate of drug-likeness (QED) is 0.756. The highest BCUT2D eigenvalue weighted by atomic mass is 19.2. The highest BCUT2D eigenvalue weighted by Gasteiger charge is 2.31. The molecular weight excluding hydrogens is 338 g/mol. The minimum Gasteiger partial charge on any atom is -0.356 e. The van der Waals surface area contributed by atoms with E-state index in [1.807, 2.05) is 13.8 Å². The molecule has 5 nitrogen and oxygen atoms in total. The van der Waals surface area contributed by atoms with Crippen molar-refractivity contribution in [3.8, 4) is 11.3 Å². The first-order chi connectivity index (χ1) is 12.5. The Bertz CT molecular complexity index is 934. The first-order valence-electron chi connectivity index (χ1n) is 8.69. The predicted molar refractivity (Wildman–Crippen MR) is 92.3 cm³/mol. The molecule has 0 amide bonds. The molecule has 26 heavy (non-hydrogen) atoms. The first kappa shape index (κ1) is 16.9. The zero-order valence-electron chi connectivity index (χ0n) is 14.7. The van der Waals surface area contributed by atoms with Crippen LogP contribution in [0, 0.1) is 25.5 Å². The van der Waals surface area contributed by atoms with Gasteiger partial charge in [-0.15, -0.1) is 0 Å². The van der Waals surface area contributed by atoms with Crippen LogP contribution in [0.2, 0.25) is 0 Å². The summed E-state index contributed by atoms with van der Waals surface area (Å²) in [4.78, 5) is 2.25. The van der Waals surface area contributed by atoms with Crippen LogP contribution in [0.15, 0.2) is 28.9 Å². The van der Waals surface area contributed by atoms with Gasteiger partial charge >= 0.3 is 0 Å². The Balaban J connectivity index is 1.62. The second kappa shape index (κ2) is 6.64. The molecule has 0 saturated carbocycles. The molecule has 0 spiro atoms. The number of aromatic amines is 1. The van der Waals surface area contributed by atoms with Gasteiger partial charge in [0.1, 0.15) is 0 Å². The summed E-state index contributed by atoms with van der Waals surface area (Å²) in [5.74, 6) is -0.905. The molecule has 3 heterocycles. The Morgan fingerprint density at radius 1 is 1.27 bits per heavy atom. The topological polar surface area (TPSA) is 58.0 Å². The average Bonchev–Trinajstić information content (AvgIpc) is 3.33. The molecule has 136 valence electrons. The van der Waals surface area contributed by atoms with Gasteiger partial charge in [-0.05, 0) is 50.9 Å². The number of H-pyrrole nitrogens is 1. The van der Waals surface area contributed by atoms with E-state index >= 15 is 0 Å². The summed E-state index contributed by atoms with van der Waals surface area (Å²) in [7, 11) is 0. The molecule has 1 N–H and O–H groups in total. The maximum Gasteiger partial charge on any atom is 0.173 e. The van der Waals surface area contributed by atoms with E-state index in [0.717, 1.165) is 53.2 Å². The van der Waals surface area contributed by atoms with Crippen LogP contribution in [0.3, 0.4) is 0 Å². The number of halogens is 2. The number of hydrogen-bond donors (Lipinski definition) is 1. The number of likely N-dealkylation sites (tertiary alicyclic amines) is 1. The van der Waals surface area contributed by atoms with E-state index in [2.05, 4.69) is 20.3 Å². The van der Waals surface area contributed by atoms with E-state index in [1.54, 1.807) is 12.3 Å². The van der Waals surface area contributed by atoms with E-state index in [4.69, 9.17) is 4.52 Å². The molecule has 3 aromatic rings. The molecule has 0 radical (unpaired) electrons. The number of aryl methyl sites for hydroxylation is 1. The van der Waals surface area contributed by atoms with Crippen molar-refractivity contribution in [1.29, 1.82) is 0 Å². The third-order valence-corrected chi connectivity index (χ3v) is 5.14. The van der Waals surface area contributed by atoms with Crippen LogP contribution >= 0.6 is 0 Å². The lowest BCUT2D eigenvalue weighted by Crippen LogP contribution is -2.23. The van der Waals surface area contributed by atoms with Crippen molar-refractivity contribution in [2.24, 2.45) is 0 Å². The van der Waals surface area contributed by atoms with E-state index in [0.29, 0.717) is 6.54 Å². The Morgan fingerprint density at radius 2 is 2.12 bits per heavy atom. The number of nitrogens with zero attached hydrogens (tertiary/aromatic N) is 3. The van der Waals surface area contributed by atoms with Gasteiger partial charge in [0.05, 0.1) is 29.2 Å². The smallest absolute Gasteiger partial charge is 0.173 e. The summed E-state index contributed by atoms with van der Waals surface area (Å²) >= 11 is 0. The van der Waals surface area contributed by atoms with Crippen molar-refractivity contribution in [2.45, 2.75) is 39.3 Å². The van der Waals surface area contributed by atoms with Crippen LogP contribution in [-0.4, -0.2) is 26.8 Å². The van der Waals surface area contributed by atoms with Crippen LogP contribution in [0.25, 0.3) is 11.3 Å². The van der Waals surface area contributed by atoms with Crippen LogP contribution in [0.5, 0.6) is 0 Å². The second-order valence-corrected chi connectivity index (χ2v) is 6.80. The van der Waals surface area contributed by atoms with E-state index in [1.165, 1.54) is 12.1 Å². The zero-order chi connectivity index (χ0) is 18.3. The Morgan fingerprint density at radius 3 is 2.85 bits per heavy atom. The summed E-state index contributed by atoms with van der Waals surface area (Å²) in [6.07, 6.45) is 3.75. The summed E-state index contributed by atoms with van der Waals surface area (Å²) < 4.78 is 32.2. The van der Waals surface area contributed by atoms with Crippen molar-refractivity contribution < 1.29 is 13.3 Å². The van der Waals surface area contributed by atoms with Gasteiger partial charge in [-0.2, -0.15) is 5.10 Å². The molecule has 1 atom stereocenters. The average molecular weight is 358 g/mol.